The highest BCUT2D eigenvalue weighted by Crippen LogP contribution is 2.53. The van der Waals surface area contributed by atoms with Crippen molar-refractivity contribution < 1.29 is 31.1 Å². The van der Waals surface area contributed by atoms with Crippen LogP contribution in [0.25, 0.3) is 0 Å². The molecule has 17 heavy (non-hydrogen) atoms. The Morgan fingerprint density at radius 2 is 1.53 bits per heavy atom. The average Bonchev–Trinajstić information content (AvgIpc) is 2.10. The Morgan fingerprint density at radius 3 is 1.82 bits per heavy atom. The van der Waals surface area contributed by atoms with Gasteiger partial charge >= 0.3 is 12.4 Å². The van der Waals surface area contributed by atoms with E-state index in [1.165, 1.54) is 6.92 Å². The molecular formula is C10H14F6O. The molecule has 0 aromatic carbocycles. The molecule has 0 saturated heterocycles. The molecule has 0 amide bonds. The monoisotopic (exact) mass is 264 g/mol. The predicted octanol–water partition coefficient (Wildman–Crippen LogP) is 4.30. The van der Waals surface area contributed by atoms with E-state index in [0.29, 0.717) is 0 Å². The molecule has 0 aromatic rings. The smallest absolute Gasteiger partial charge is 0.402 e. The standard InChI is InChI=1S/C10H14F6O/c1-4-17-6-7(2)5-8(3,9(11,12)13)10(14,15)16/h4,7H,1,5-6H2,2-3H3. The van der Waals surface area contributed by atoms with E-state index in [1.54, 1.807) is 0 Å². The van der Waals surface area contributed by atoms with Gasteiger partial charge in [-0.15, -0.1) is 0 Å². The number of rotatable bonds is 5. The lowest BCUT2D eigenvalue weighted by Gasteiger charge is -2.35. The van der Waals surface area contributed by atoms with Crippen LogP contribution >= 0.6 is 0 Å². The Labute approximate surface area is 95.4 Å². The quantitative estimate of drug-likeness (QED) is 0.531. The number of ether oxygens (including phenoxy) is 1. The molecule has 102 valence electrons. The summed E-state index contributed by atoms with van der Waals surface area (Å²) in [6.45, 7) is 4.36. The first-order valence-corrected chi connectivity index (χ1v) is 4.81. The van der Waals surface area contributed by atoms with Gasteiger partial charge in [-0.2, -0.15) is 26.3 Å². The number of alkyl halides is 6. The summed E-state index contributed by atoms with van der Waals surface area (Å²) in [7, 11) is 0. The molecule has 1 nitrogen and oxygen atoms in total. The van der Waals surface area contributed by atoms with Crippen LogP contribution in [0, 0.1) is 11.3 Å². The Morgan fingerprint density at radius 1 is 1.12 bits per heavy atom. The molecule has 0 radical (unpaired) electrons. The van der Waals surface area contributed by atoms with Gasteiger partial charge < -0.3 is 4.74 Å². The predicted molar refractivity (Wildman–Crippen MR) is 50.1 cm³/mol. The number of hydrogen-bond acceptors (Lipinski definition) is 1. The van der Waals surface area contributed by atoms with Crippen molar-refractivity contribution in [2.45, 2.75) is 32.6 Å². The van der Waals surface area contributed by atoms with E-state index in [1.807, 2.05) is 0 Å². The van der Waals surface area contributed by atoms with Crippen LogP contribution in [-0.4, -0.2) is 19.0 Å². The van der Waals surface area contributed by atoms with Crippen LogP contribution in [0.3, 0.4) is 0 Å². The van der Waals surface area contributed by atoms with Crippen molar-refractivity contribution in [3.63, 3.8) is 0 Å². The highest BCUT2D eigenvalue weighted by atomic mass is 19.4. The summed E-state index contributed by atoms with van der Waals surface area (Å²) in [4.78, 5) is 0. The molecule has 7 heteroatoms. The molecule has 1 unspecified atom stereocenters. The lowest BCUT2D eigenvalue weighted by molar-refractivity contribution is -0.339. The lowest BCUT2D eigenvalue weighted by atomic mass is 9.80. The zero-order valence-electron chi connectivity index (χ0n) is 9.45. The fraction of sp³-hybridized carbons (Fsp3) is 0.800. The summed E-state index contributed by atoms with van der Waals surface area (Å²) in [5.74, 6) is -0.888. The summed E-state index contributed by atoms with van der Waals surface area (Å²) in [6.07, 6.45) is -10.8. The van der Waals surface area contributed by atoms with Crippen LogP contribution in [0.1, 0.15) is 20.3 Å². The van der Waals surface area contributed by atoms with E-state index in [9.17, 15) is 26.3 Å². The zero-order valence-corrected chi connectivity index (χ0v) is 9.45. The van der Waals surface area contributed by atoms with Gasteiger partial charge in [-0.1, -0.05) is 13.5 Å². The van der Waals surface area contributed by atoms with Crippen molar-refractivity contribution in [1.82, 2.24) is 0 Å². The van der Waals surface area contributed by atoms with E-state index in [-0.39, 0.29) is 13.5 Å². The van der Waals surface area contributed by atoms with E-state index >= 15 is 0 Å². The normalized spacial score (nSPS) is 15.5. The summed E-state index contributed by atoms with van der Waals surface area (Å²) < 4.78 is 79.6. The second-order valence-corrected chi connectivity index (χ2v) is 4.14. The zero-order chi connectivity index (χ0) is 13.9. The van der Waals surface area contributed by atoms with Crippen LogP contribution in [0.2, 0.25) is 0 Å². The molecule has 0 saturated carbocycles. The van der Waals surface area contributed by atoms with E-state index < -0.39 is 30.1 Å². The van der Waals surface area contributed by atoms with Gasteiger partial charge in [-0.05, 0) is 19.3 Å². The summed E-state index contributed by atoms with van der Waals surface area (Å²) >= 11 is 0. The Hall–Kier alpha value is -0.880. The second kappa shape index (κ2) is 5.18. The number of hydrogen-bond donors (Lipinski definition) is 0. The van der Waals surface area contributed by atoms with Gasteiger partial charge in [0.05, 0.1) is 12.9 Å². The molecule has 0 aliphatic rings. The van der Waals surface area contributed by atoms with Crippen molar-refractivity contribution in [2.75, 3.05) is 6.61 Å². The summed E-state index contributed by atoms with van der Waals surface area (Å²) in [6, 6.07) is 0. The van der Waals surface area contributed by atoms with E-state index in [0.717, 1.165) is 6.26 Å². The molecule has 0 heterocycles. The van der Waals surface area contributed by atoms with E-state index in [2.05, 4.69) is 11.3 Å². The molecule has 0 N–H and O–H groups in total. The topological polar surface area (TPSA) is 9.23 Å². The summed E-state index contributed by atoms with van der Waals surface area (Å²) in [5, 5.41) is 0. The minimum absolute atomic E-state index is 0.164. The first-order valence-electron chi connectivity index (χ1n) is 4.81. The third kappa shape index (κ3) is 3.81. The molecular weight excluding hydrogens is 250 g/mol. The van der Waals surface area contributed by atoms with Crippen molar-refractivity contribution in [3.05, 3.63) is 12.8 Å². The molecule has 1 atom stereocenters. The van der Waals surface area contributed by atoms with Gasteiger partial charge in [-0.3, -0.25) is 0 Å². The minimum atomic E-state index is -5.34. The van der Waals surface area contributed by atoms with Crippen molar-refractivity contribution in [1.29, 1.82) is 0 Å². The fourth-order valence-electron chi connectivity index (χ4n) is 1.38. The first kappa shape index (κ1) is 16.1. The van der Waals surface area contributed by atoms with Crippen molar-refractivity contribution in [3.8, 4) is 0 Å². The maximum absolute atomic E-state index is 12.5. The van der Waals surface area contributed by atoms with Gasteiger partial charge in [-0.25, -0.2) is 0 Å². The maximum atomic E-state index is 12.5. The van der Waals surface area contributed by atoms with Crippen molar-refractivity contribution >= 4 is 0 Å². The average molecular weight is 264 g/mol. The molecule has 0 bridgehead atoms. The lowest BCUT2D eigenvalue weighted by Crippen LogP contribution is -2.48. The van der Waals surface area contributed by atoms with Crippen LogP contribution in [0.15, 0.2) is 12.8 Å². The molecule has 0 fully saturated rings. The van der Waals surface area contributed by atoms with Crippen molar-refractivity contribution in [2.24, 2.45) is 11.3 Å². The van der Waals surface area contributed by atoms with Crippen LogP contribution in [0.5, 0.6) is 0 Å². The third-order valence-corrected chi connectivity index (χ3v) is 2.51. The van der Waals surface area contributed by atoms with Gasteiger partial charge in [0.15, 0.2) is 5.41 Å². The summed E-state index contributed by atoms with van der Waals surface area (Å²) in [5.41, 5.74) is -3.72. The van der Waals surface area contributed by atoms with Gasteiger partial charge in [0.25, 0.3) is 0 Å². The Bertz CT molecular complexity index is 241. The van der Waals surface area contributed by atoms with Crippen LogP contribution in [-0.2, 0) is 4.74 Å². The van der Waals surface area contributed by atoms with Gasteiger partial charge in [0.1, 0.15) is 0 Å². The maximum Gasteiger partial charge on any atom is 0.402 e. The SMILES string of the molecule is C=COCC(C)CC(C)(C(F)(F)F)C(F)(F)F. The molecule has 0 spiro atoms. The largest absolute Gasteiger partial charge is 0.502 e. The Kier molecular flexibility index (Phi) is 4.91. The highest BCUT2D eigenvalue weighted by molar-refractivity contribution is 4.90. The molecule has 0 aliphatic heterocycles. The van der Waals surface area contributed by atoms with Crippen LogP contribution in [0.4, 0.5) is 26.3 Å². The Balaban J connectivity index is 4.92. The van der Waals surface area contributed by atoms with Gasteiger partial charge in [0.2, 0.25) is 0 Å². The highest BCUT2D eigenvalue weighted by Gasteiger charge is 2.67. The second-order valence-electron chi connectivity index (χ2n) is 4.14. The minimum Gasteiger partial charge on any atom is -0.502 e. The third-order valence-electron chi connectivity index (χ3n) is 2.51. The number of halogens is 6. The van der Waals surface area contributed by atoms with Gasteiger partial charge in [0, 0.05) is 0 Å². The van der Waals surface area contributed by atoms with Crippen LogP contribution < -0.4 is 0 Å². The first-order chi connectivity index (χ1) is 7.45. The molecule has 0 rings (SSSR count). The molecule has 0 aromatic heterocycles. The fourth-order valence-corrected chi connectivity index (χ4v) is 1.38. The molecule has 0 aliphatic carbocycles. The van der Waals surface area contributed by atoms with E-state index in [4.69, 9.17) is 0 Å².